The summed E-state index contributed by atoms with van der Waals surface area (Å²) >= 11 is 0. The lowest BCUT2D eigenvalue weighted by Gasteiger charge is -2.05. The number of esters is 2. The second-order valence-corrected chi connectivity index (χ2v) is 4.15. The second-order valence-electron chi connectivity index (χ2n) is 4.15. The van der Waals surface area contributed by atoms with Crippen molar-refractivity contribution in [1.29, 1.82) is 0 Å². The number of carbonyl (C=O) groups is 2. The molecule has 2 rings (SSSR count). The summed E-state index contributed by atoms with van der Waals surface area (Å²) in [5.41, 5.74) is 1.06. The van der Waals surface area contributed by atoms with E-state index in [1.54, 1.807) is 24.3 Å². The monoisotopic (exact) mass is 282 g/mol. The molecular formula is C17H14O4. The summed E-state index contributed by atoms with van der Waals surface area (Å²) < 4.78 is 9.80. The van der Waals surface area contributed by atoms with Gasteiger partial charge < -0.3 is 9.47 Å². The Kier molecular flexibility index (Phi) is 4.88. The summed E-state index contributed by atoms with van der Waals surface area (Å²) in [5.74, 6) is -1.10. The van der Waals surface area contributed by atoms with Crippen LogP contribution in [-0.2, 0) is 9.53 Å². The Morgan fingerprint density at radius 3 is 2.33 bits per heavy atom. The molecule has 0 aliphatic heterocycles. The highest BCUT2D eigenvalue weighted by atomic mass is 16.6. The Morgan fingerprint density at radius 2 is 1.62 bits per heavy atom. The Morgan fingerprint density at radius 1 is 0.952 bits per heavy atom. The van der Waals surface area contributed by atoms with Crippen molar-refractivity contribution in [2.24, 2.45) is 0 Å². The first-order chi connectivity index (χ1) is 10.2. The summed E-state index contributed by atoms with van der Waals surface area (Å²) in [6, 6.07) is 15.8. The van der Waals surface area contributed by atoms with Crippen molar-refractivity contribution < 1.29 is 19.1 Å². The average molecular weight is 282 g/mol. The fourth-order valence-electron chi connectivity index (χ4n) is 1.72. The van der Waals surface area contributed by atoms with Gasteiger partial charge in [-0.15, -0.1) is 0 Å². The molecule has 0 spiro atoms. The van der Waals surface area contributed by atoms with Crippen LogP contribution in [0.1, 0.15) is 15.9 Å². The normalized spacial score (nSPS) is 10.3. The van der Waals surface area contributed by atoms with Crippen LogP contribution in [0.4, 0.5) is 0 Å². The van der Waals surface area contributed by atoms with E-state index in [0.29, 0.717) is 5.75 Å². The van der Waals surface area contributed by atoms with Crippen LogP contribution >= 0.6 is 0 Å². The Bertz CT molecular complexity index is 660. The molecule has 0 N–H and O–H groups in total. The quantitative estimate of drug-likeness (QED) is 0.491. The van der Waals surface area contributed by atoms with E-state index >= 15 is 0 Å². The van der Waals surface area contributed by atoms with E-state index < -0.39 is 11.9 Å². The van der Waals surface area contributed by atoms with Gasteiger partial charge in [0.1, 0.15) is 11.3 Å². The molecule has 0 fully saturated rings. The van der Waals surface area contributed by atoms with Crippen LogP contribution in [0.25, 0.3) is 6.08 Å². The van der Waals surface area contributed by atoms with Gasteiger partial charge in [0.2, 0.25) is 0 Å². The van der Waals surface area contributed by atoms with Crippen LogP contribution in [0.2, 0.25) is 0 Å². The third kappa shape index (κ3) is 4.04. The summed E-state index contributed by atoms with van der Waals surface area (Å²) in [7, 11) is 1.45. The van der Waals surface area contributed by atoms with Gasteiger partial charge >= 0.3 is 11.9 Å². The fraction of sp³-hybridized carbons (Fsp3) is 0.0588. The predicted molar refractivity (Wildman–Crippen MR) is 78.9 cm³/mol. The first kappa shape index (κ1) is 14.5. The molecule has 0 amide bonds. The van der Waals surface area contributed by atoms with E-state index in [4.69, 9.17) is 9.47 Å². The summed E-state index contributed by atoms with van der Waals surface area (Å²) in [6.45, 7) is 0. The molecule has 0 aliphatic rings. The molecular weight excluding hydrogens is 268 g/mol. The van der Waals surface area contributed by atoms with Crippen LogP contribution in [0.15, 0.2) is 60.7 Å². The van der Waals surface area contributed by atoms with Crippen LogP contribution in [0.3, 0.4) is 0 Å². The number of ether oxygens (including phenoxy) is 2. The van der Waals surface area contributed by atoms with E-state index in [1.165, 1.54) is 19.3 Å². The summed E-state index contributed by atoms with van der Waals surface area (Å²) in [5, 5.41) is 0. The minimum atomic E-state index is -0.741. The van der Waals surface area contributed by atoms with Crippen molar-refractivity contribution in [2.75, 3.05) is 7.11 Å². The van der Waals surface area contributed by atoms with Crippen LogP contribution in [-0.4, -0.2) is 19.0 Å². The molecule has 0 saturated carbocycles. The Hall–Kier alpha value is -2.88. The first-order valence-corrected chi connectivity index (χ1v) is 6.33. The maximum absolute atomic E-state index is 11.9. The molecule has 0 radical (unpaired) electrons. The highest BCUT2D eigenvalue weighted by Crippen LogP contribution is 2.18. The van der Waals surface area contributed by atoms with Gasteiger partial charge in [0.25, 0.3) is 0 Å². The topological polar surface area (TPSA) is 52.6 Å². The van der Waals surface area contributed by atoms with Crippen molar-refractivity contribution in [3.8, 4) is 5.75 Å². The predicted octanol–water partition coefficient (Wildman–Crippen LogP) is 3.09. The van der Waals surface area contributed by atoms with Gasteiger partial charge in [-0.2, -0.15) is 0 Å². The zero-order chi connectivity index (χ0) is 15.1. The van der Waals surface area contributed by atoms with E-state index in [2.05, 4.69) is 0 Å². The number of hydrogen-bond donors (Lipinski definition) is 0. The van der Waals surface area contributed by atoms with Gasteiger partial charge in [-0.3, -0.25) is 0 Å². The van der Waals surface area contributed by atoms with Gasteiger partial charge in [0, 0.05) is 6.08 Å². The molecule has 0 heterocycles. The lowest BCUT2D eigenvalue weighted by Crippen LogP contribution is -2.11. The highest BCUT2D eigenvalue weighted by Gasteiger charge is 2.15. The van der Waals surface area contributed by atoms with Gasteiger partial charge in [-0.05, 0) is 23.8 Å². The number of carbonyl (C=O) groups excluding carboxylic acids is 2. The standard InChI is InChI=1S/C17H14O4/c1-20-15-10-6-5-9-14(15)17(19)21-16(18)12-11-13-7-3-2-4-8-13/h2-12H,1H3. The lowest BCUT2D eigenvalue weighted by molar-refractivity contribution is -0.132. The summed E-state index contributed by atoms with van der Waals surface area (Å²) in [6.07, 6.45) is 2.79. The van der Waals surface area contributed by atoms with Crippen molar-refractivity contribution in [3.05, 3.63) is 71.8 Å². The summed E-state index contributed by atoms with van der Waals surface area (Å²) in [4.78, 5) is 23.5. The molecule has 0 atom stereocenters. The third-order valence-electron chi connectivity index (χ3n) is 2.73. The maximum Gasteiger partial charge on any atom is 0.349 e. The second kappa shape index (κ2) is 7.05. The van der Waals surface area contributed by atoms with Crippen molar-refractivity contribution in [3.63, 3.8) is 0 Å². The number of methoxy groups -OCH3 is 1. The molecule has 2 aromatic carbocycles. The lowest BCUT2D eigenvalue weighted by atomic mass is 10.2. The minimum absolute atomic E-state index is 0.210. The fourth-order valence-corrected chi connectivity index (χ4v) is 1.72. The molecule has 0 aliphatic carbocycles. The van der Waals surface area contributed by atoms with E-state index in [0.717, 1.165) is 5.56 Å². The number of rotatable bonds is 4. The van der Waals surface area contributed by atoms with Gasteiger partial charge in [0.15, 0.2) is 0 Å². The molecule has 4 nitrogen and oxygen atoms in total. The SMILES string of the molecule is COc1ccccc1C(=O)OC(=O)C=Cc1ccccc1. The molecule has 4 heteroatoms. The van der Waals surface area contributed by atoms with Crippen molar-refractivity contribution in [2.45, 2.75) is 0 Å². The third-order valence-corrected chi connectivity index (χ3v) is 2.73. The molecule has 21 heavy (non-hydrogen) atoms. The van der Waals surface area contributed by atoms with Crippen LogP contribution < -0.4 is 4.74 Å². The van der Waals surface area contributed by atoms with Gasteiger partial charge in [0.05, 0.1) is 7.11 Å². The zero-order valence-corrected chi connectivity index (χ0v) is 11.5. The number of para-hydroxylation sites is 1. The van der Waals surface area contributed by atoms with Crippen LogP contribution in [0, 0.1) is 0 Å². The molecule has 0 unspecified atom stereocenters. The van der Waals surface area contributed by atoms with Crippen molar-refractivity contribution >= 4 is 18.0 Å². The average Bonchev–Trinajstić information content (AvgIpc) is 2.53. The Balaban J connectivity index is 2.03. The molecule has 0 aromatic heterocycles. The smallest absolute Gasteiger partial charge is 0.349 e. The van der Waals surface area contributed by atoms with Gasteiger partial charge in [-0.1, -0.05) is 42.5 Å². The molecule has 0 bridgehead atoms. The molecule has 2 aromatic rings. The maximum atomic E-state index is 11.9. The van der Waals surface area contributed by atoms with E-state index in [-0.39, 0.29) is 5.56 Å². The van der Waals surface area contributed by atoms with E-state index in [1.807, 2.05) is 30.3 Å². The zero-order valence-electron chi connectivity index (χ0n) is 11.5. The first-order valence-electron chi connectivity index (χ1n) is 6.33. The molecule has 0 saturated heterocycles. The van der Waals surface area contributed by atoms with Crippen LogP contribution in [0.5, 0.6) is 5.75 Å². The van der Waals surface area contributed by atoms with Crippen molar-refractivity contribution in [1.82, 2.24) is 0 Å². The largest absolute Gasteiger partial charge is 0.496 e. The van der Waals surface area contributed by atoms with E-state index in [9.17, 15) is 9.59 Å². The minimum Gasteiger partial charge on any atom is -0.496 e. The molecule has 106 valence electrons. The highest BCUT2D eigenvalue weighted by molar-refractivity contribution is 6.02. The number of hydrogen-bond acceptors (Lipinski definition) is 4. The Labute approximate surface area is 122 Å². The number of benzene rings is 2. The van der Waals surface area contributed by atoms with Gasteiger partial charge in [-0.25, -0.2) is 9.59 Å².